The molecule has 2 fully saturated rings. The van der Waals surface area contributed by atoms with E-state index in [9.17, 15) is 30.0 Å². The standard InChI is InChI=1S/C13H25N4O.F6P/c1-14(2)13(15(3)4)17-9-7-16(8-10-17)12(18)11-5-6-11;1-7(2,3,4,5)6/h11H,5-10H2,1-4H3;/q+1;-1. The van der Waals surface area contributed by atoms with Gasteiger partial charge in [0.2, 0.25) is 5.91 Å². The monoisotopic (exact) mass is 398 g/mol. The van der Waals surface area contributed by atoms with Crippen LogP contribution in [0.3, 0.4) is 0 Å². The maximum atomic E-state index is 12.0. The second-order valence-corrected chi connectivity index (χ2v) is 8.55. The van der Waals surface area contributed by atoms with Gasteiger partial charge < -0.3 is 4.90 Å². The van der Waals surface area contributed by atoms with Crippen LogP contribution in [0.4, 0.5) is 25.2 Å². The van der Waals surface area contributed by atoms with E-state index in [1.807, 2.05) is 4.90 Å². The Morgan fingerprint density at radius 3 is 1.56 bits per heavy atom. The fraction of sp³-hybridized carbons (Fsp3) is 0.846. The average Bonchev–Trinajstić information content (AvgIpc) is 3.18. The molecule has 0 radical (unpaired) electrons. The summed E-state index contributed by atoms with van der Waals surface area (Å²) in [6.07, 6.45) is 2.21. The van der Waals surface area contributed by atoms with Gasteiger partial charge in [0, 0.05) is 5.92 Å². The van der Waals surface area contributed by atoms with Crippen LogP contribution in [0.15, 0.2) is 0 Å². The van der Waals surface area contributed by atoms with E-state index in [-0.39, 0.29) is 0 Å². The van der Waals surface area contributed by atoms with Crippen LogP contribution in [0.25, 0.3) is 0 Å². The second-order valence-electron chi connectivity index (χ2n) is 6.63. The number of amides is 1. The average molecular weight is 398 g/mol. The first kappa shape index (κ1) is 21.8. The molecule has 0 atom stereocenters. The van der Waals surface area contributed by atoms with Crippen LogP contribution in [0.2, 0.25) is 0 Å². The molecule has 25 heavy (non-hydrogen) atoms. The zero-order chi connectivity index (χ0) is 19.7. The molecule has 0 bridgehead atoms. The predicted octanol–water partition coefficient (Wildman–Crippen LogP) is 3.11. The Balaban J connectivity index is 0.000000381. The number of halogens is 6. The van der Waals surface area contributed by atoms with Crippen LogP contribution >= 0.6 is 7.81 Å². The summed E-state index contributed by atoms with van der Waals surface area (Å²) in [5, 5.41) is 0. The van der Waals surface area contributed by atoms with Gasteiger partial charge in [-0.05, 0) is 12.8 Å². The summed E-state index contributed by atoms with van der Waals surface area (Å²) in [5.74, 6) is 1.95. The first-order chi connectivity index (χ1) is 11.0. The summed E-state index contributed by atoms with van der Waals surface area (Å²) >= 11 is 0. The van der Waals surface area contributed by atoms with Crippen molar-refractivity contribution < 1.29 is 34.6 Å². The van der Waals surface area contributed by atoms with E-state index in [0.717, 1.165) is 39.0 Å². The number of guanidine groups is 1. The first-order valence-electron chi connectivity index (χ1n) is 7.77. The van der Waals surface area contributed by atoms with Crippen molar-refractivity contribution in [1.82, 2.24) is 14.7 Å². The molecule has 1 aliphatic heterocycles. The van der Waals surface area contributed by atoms with Gasteiger partial charge in [0.15, 0.2) is 0 Å². The summed E-state index contributed by atoms with van der Waals surface area (Å²) in [6.45, 7) is 3.59. The molecule has 0 aromatic rings. The van der Waals surface area contributed by atoms with Crippen molar-refractivity contribution in [3.05, 3.63) is 0 Å². The third kappa shape index (κ3) is 9.72. The Morgan fingerprint density at radius 1 is 0.920 bits per heavy atom. The zero-order valence-corrected chi connectivity index (χ0v) is 15.6. The number of piperazine rings is 1. The summed E-state index contributed by atoms with van der Waals surface area (Å²) in [6, 6.07) is 0. The van der Waals surface area contributed by atoms with E-state index in [1.165, 1.54) is 5.96 Å². The molecule has 0 aromatic carbocycles. The van der Waals surface area contributed by atoms with E-state index in [1.54, 1.807) is 0 Å². The van der Waals surface area contributed by atoms with Gasteiger partial charge in [-0.3, -0.25) is 19.2 Å². The Morgan fingerprint density at radius 2 is 1.28 bits per heavy atom. The van der Waals surface area contributed by atoms with Gasteiger partial charge in [-0.2, -0.15) is 0 Å². The first-order valence-corrected chi connectivity index (χ1v) is 9.80. The normalized spacial score (nSPS) is 20.7. The van der Waals surface area contributed by atoms with Crippen LogP contribution in [-0.4, -0.2) is 85.5 Å². The number of hydrogen-bond donors (Lipinski definition) is 0. The van der Waals surface area contributed by atoms with Gasteiger partial charge in [0.1, 0.15) is 0 Å². The third-order valence-electron chi connectivity index (χ3n) is 3.60. The van der Waals surface area contributed by atoms with Crippen molar-refractivity contribution in [2.75, 3.05) is 54.4 Å². The molecule has 0 unspecified atom stereocenters. The zero-order valence-electron chi connectivity index (χ0n) is 14.7. The quantitative estimate of drug-likeness (QED) is 0.224. The van der Waals surface area contributed by atoms with Crippen molar-refractivity contribution in [1.29, 1.82) is 0 Å². The van der Waals surface area contributed by atoms with E-state index >= 15 is 0 Å². The Labute approximate surface area is 143 Å². The Bertz CT molecular complexity index is 520. The van der Waals surface area contributed by atoms with E-state index in [0.29, 0.717) is 11.8 Å². The van der Waals surface area contributed by atoms with Gasteiger partial charge in [-0.25, -0.2) is 0 Å². The van der Waals surface area contributed by atoms with Gasteiger partial charge in [0.05, 0.1) is 54.4 Å². The molecule has 1 heterocycles. The summed E-state index contributed by atoms with van der Waals surface area (Å²) in [5.41, 5.74) is 0. The molecule has 1 saturated heterocycles. The van der Waals surface area contributed by atoms with Crippen molar-refractivity contribution in [3.63, 3.8) is 0 Å². The molecule has 0 N–H and O–H groups in total. The van der Waals surface area contributed by atoms with Crippen molar-refractivity contribution >= 4 is 19.7 Å². The van der Waals surface area contributed by atoms with Crippen LogP contribution in [0.1, 0.15) is 12.8 Å². The minimum atomic E-state index is -10.7. The number of rotatable bonds is 1. The predicted molar refractivity (Wildman–Crippen MR) is 85.2 cm³/mol. The molecule has 2 aliphatic rings. The van der Waals surface area contributed by atoms with Crippen LogP contribution in [-0.2, 0) is 4.79 Å². The van der Waals surface area contributed by atoms with Crippen LogP contribution in [0.5, 0.6) is 0 Å². The summed E-state index contributed by atoms with van der Waals surface area (Å²) in [4.78, 5) is 18.5. The molecule has 0 spiro atoms. The van der Waals surface area contributed by atoms with E-state index < -0.39 is 7.81 Å². The molecule has 0 aromatic heterocycles. The summed E-state index contributed by atoms with van der Waals surface area (Å²) < 4.78 is 61.3. The second kappa shape index (κ2) is 6.48. The molecule has 1 saturated carbocycles. The Kier molecular flexibility index (Phi) is 5.65. The number of nitrogens with zero attached hydrogens (tertiary/aromatic N) is 4. The topological polar surface area (TPSA) is 29.8 Å². The van der Waals surface area contributed by atoms with Crippen LogP contribution < -0.4 is 0 Å². The molecule has 1 amide bonds. The molecular formula is C13H25F6N4OP. The van der Waals surface area contributed by atoms with Gasteiger partial charge in [0.25, 0.3) is 0 Å². The SMILES string of the molecule is CN(C)C(N1CCN(C(=O)C2CC2)CC1)=[N+](C)C.F[P-](F)(F)(F)(F)F. The Hall–Kier alpha value is -1.25. The minimum absolute atomic E-state index is 0.350. The molecular weight excluding hydrogens is 373 g/mol. The fourth-order valence-electron chi connectivity index (χ4n) is 2.68. The van der Waals surface area contributed by atoms with Gasteiger partial charge in [-0.1, -0.05) is 0 Å². The summed E-state index contributed by atoms with van der Waals surface area (Å²) in [7, 11) is -2.39. The fourth-order valence-corrected chi connectivity index (χ4v) is 2.68. The van der Waals surface area contributed by atoms with E-state index in [2.05, 4.69) is 42.6 Å². The van der Waals surface area contributed by atoms with Crippen molar-refractivity contribution in [2.45, 2.75) is 12.8 Å². The maximum absolute atomic E-state index is 12.0. The molecule has 2 rings (SSSR count). The van der Waals surface area contributed by atoms with Gasteiger partial charge >= 0.3 is 38.9 Å². The van der Waals surface area contributed by atoms with Gasteiger partial charge in [-0.15, -0.1) is 0 Å². The molecule has 150 valence electrons. The molecule has 1 aliphatic carbocycles. The van der Waals surface area contributed by atoms with Crippen LogP contribution in [0, 0.1) is 5.92 Å². The number of hydrogen-bond acceptors (Lipinski definition) is 1. The third-order valence-corrected chi connectivity index (χ3v) is 3.60. The van der Waals surface area contributed by atoms with Crippen molar-refractivity contribution in [2.24, 2.45) is 5.92 Å². The van der Waals surface area contributed by atoms with E-state index in [4.69, 9.17) is 0 Å². The van der Waals surface area contributed by atoms with Crippen molar-refractivity contribution in [3.8, 4) is 0 Å². The molecule has 12 heteroatoms. The molecule has 5 nitrogen and oxygen atoms in total. The number of carbonyl (C=O) groups is 1. The number of carbonyl (C=O) groups excluding carboxylic acids is 1.